The van der Waals surface area contributed by atoms with Gasteiger partial charge in [-0.3, -0.25) is 0 Å². The Morgan fingerprint density at radius 2 is 1.71 bits per heavy atom. The molecule has 0 spiro atoms. The van der Waals surface area contributed by atoms with Crippen LogP contribution < -0.4 is 9.46 Å². The van der Waals surface area contributed by atoms with Crippen LogP contribution in [-0.4, -0.2) is 15.5 Å². The molecule has 24 heavy (non-hydrogen) atoms. The van der Waals surface area contributed by atoms with Gasteiger partial charge in [0.1, 0.15) is 11.6 Å². The fraction of sp³-hybridized carbons (Fsp3) is 0.200. The van der Waals surface area contributed by atoms with Gasteiger partial charge in [-0.25, -0.2) is 17.5 Å². The molecule has 0 aliphatic carbocycles. The molecule has 2 rings (SSSR count). The summed E-state index contributed by atoms with van der Waals surface area (Å²) in [5.41, 5.74) is -1.33. The lowest BCUT2D eigenvalue weighted by Gasteiger charge is -2.11. The molecule has 2 aromatic rings. The maximum absolute atomic E-state index is 13.7. The third kappa shape index (κ3) is 4.24. The zero-order valence-electron chi connectivity index (χ0n) is 12.4. The SMILES string of the molecule is COc1ccc(S(=O)(=O)NCc2ccc(C(F)(F)F)cc2F)cc1. The summed E-state index contributed by atoms with van der Waals surface area (Å²) in [5, 5.41) is 0. The average molecular weight is 363 g/mol. The first kappa shape index (κ1) is 18.2. The van der Waals surface area contributed by atoms with Crippen LogP contribution in [0.1, 0.15) is 11.1 Å². The van der Waals surface area contributed by atoms with Crippen LogP contribution in [0.4, 0.5) is 17.6 Å². The molecule has 0 saturated heterocycles. The van der Waals surface area contributed by atoms with Crippen LogP contribution in [0.5, 0.6) is 5.75 Å². The molecule has 4 nitrogen and oxygen atoms in total. The number of nitrogens with one attached hydrogen (secondary N) is 1. The minimum atomic E-state index is -4.66. The summed E-state index contributed by atoms with van der Waals surface area (Å²) in [7, 11) is -2.51. The molecular formula is C15H13F4NO3S. The second-order valence-corrected chi connectivity index (χ2v) is 6.57. The molecule has 130 valence electrons. The van der Waals surface area contributed by atoms with Gasteiger partial charge in [0.15, 0.2) is 0 Å². The molecule has 0 fully saturated rings. The van der Waals surface area contributed by atoms with Gasteiger partial charge in [-0.2, -0.15) is 13.2 Å². The third-order valence-corrected chi connectivity index (χ3v) is 4.62. The second-order valence-electron chi connectivity index (χ2n) is 4.80. The van der Waals surface area contributed by atoms with Crippen molar-refractivity contribution >= 4 is 10.0 Å². The van der Waals surface area contributed by atoms with Crippen LogP contribution in [0.3, 0.4) is 0 Å². The Bertz CT molecular complexity index is 818. The number of ether oxygens (including phenoxy) is 1. The standard InChI is InChI=1S/C15H13F4NO3S/c1-23-12-4-6-13(7-5-12)24(21,22)20-9-10-2-3-11(8-14(10)16)15(17,18)19/h2-8,20H,9H2,1H3. The number of hydrogen-bond donors (Lipinski definition) is 1. The molecule has 0 atom stereocenters. The summed E-state index contributed by atoms with van der Waals surface area (Å²) in [6.07, 6.45) is -4.66. The van der Waals surface area contributed by atoms with Gasteiger partial charge in [0, 0.05) is 12.1 Å². The highest BCUT2D eigenvalue weighted by atomic mass is 32.2. The first-order valence-corrected chi connectivity index (χ1v) is 8.11. The van der Waals surface area contributed by atoms with Crippen molar-refractivity contribution in [1.82, 2.24) is 4.72 Å². The average Bonchev–Trinajstić information content (AvgIpc) is 2.53. The van der Waals surface area contributed by atoms with Crippen molar-refractivity contribution in [2.45, 2.75) is 17.6 Å². The van der Waals surface area contributed by atoms with Crippen LogP contribution in [0.2, 0.25) is 0 Å². The number of hydrogen-bond acceptors (Lipinski definition) is 3. The number of alkyl halides is 3. The zero-order chi connectivity index (χ0) is 18.0. The van der Waals surface area contributed by atoms with Crippen molar-refractivity contribution in [3.63, 3.8) is 0 Å². The van der Waals surface area contributed by atoms with Crippen LogP contribution >= 0.6 is 0 Å². The molecule has 0 aliphatic rings. The van der Waals surface area contributed by atoms with Crippen LogP contribution in [0.15, 0.2) is 47.4 Å². The van der Waals surface area contributed by atoms with Crippen molar-refractivity contribution in [2.75, 3.05) is 7.11 Å². The smallest absolute Gasteiger partial charge is 0.416 e. The summed E-state index contributed by atoms with van der Waals surface area (Å²) >= 11 is 0. The van der Waals surface area contributed by atoms with E-state index in [9.17, 15) is 26.0 Å². The Morgan fingerprint density at radius 1 is 1.08 bits per heavy atom. The van der Waals surface area contributed by atoms with Crippen molar-refractivity contribution in [2.24, 2.45) is 0 Å². The van der Waals surface area contributed by atoms with Gasteiger partial charge >= 0.3 is 6.18 Å². The Balaban J connectivity index is 2.14. The molecular weight excluding hydrogens is 350 g/mol. The van der Waals surface area contributed by atoms with Gasteiger partial charge in [0.2, 0.25) is 10.0 Å². The van der Waals surface area contributed by atoms with Crippen molar-refractivity contribution in [3.05, 3.63) is 59.4 Å². The molecule has 0 aliphatic heterocycles. The van der Waals surface area contributed by atoms with E-state index in [1.54, 1.807) is 0 Å². The van der Waals surface area contributed by atoms with Gasteiger partial charge < -0.3 is 4.74 Å². The quantitative estimate of drug-likeness (QED) is 0.829. The molecule has 0 radical (unpaired) electrons. The maximum atomic E-state index is 13.7. The third-order valence-electron chi connectivity index (χ3n) is 3.20. The summed E-state index contributed by atoms with van der Waals surface area (Å²) in [5.74, 6) is -0.676. The van der Waals surface area contributed by atoms with Gasteiger partial charge in [-0.15, -0.1) is 0 Å². The van der Waals surface area contributed by atoms with E-state index in [1.165, 1.54) is 31.4 Å². The monoisotopic (exact) mass is 363 g/mol. The van der Waals surface area contributed by atoms with E-state index in [0.717, 1.165) is 6.07 Å². The Labute approximate surface area is 136 Å². The summed E-state index contributed by atoms with van der Waals surface area (Å²) < 4.78 is 82.3. The van der Waals surface area contributed by atoms with Crippen molar-refractivity contribution < 1.29 is 30.7 Å². The lowest BCUT2D eigenvalue weighted by molar-refractivity contribution is -0.137. The minimum Gasteiger partial charge on any atom is -0.497 e. The van der Waals surface area contributed by atoms with Crippen molar-refractivity contribution in [3.8, 4) is 5.75 Å². The van der Waals surface area contributed by atoms with Crippen LogP contribution in [0.25, 0.3) is 0 Å². The summed E-state index contributed by atoms with van der Waals surface area (Å²) in [6, 6.07) is 7.39. The van der Waals surface area contributed by atoms with Crippen LogP contribution in [-0.2, 0) is 22.7 Å². The molecule has 0 bridgehead atoms. The van der Waals surface area contributed by atoms with E-state index < -0.39 is 34.1 Å². The topological polar surface area (TPSA) is 55.4 Å². The Hall–Kier alpha value is -2.13. The van der Waals surface area contributed by atoms with Gasteiger partial charge in [-0.05, 0) is 36.4 Å². The molecule has 1 N–H and O–H groups in total. The molecule has 0 unspecified atom stereocenters. The van der Waals surface area contributed by atoms with E-state index in [4.69, 9.17) is 4.74 Å². The molecule has 0 saturated carbocycles. The van der Waals surface area contributed by atoms with E-state index >= 15 is 0 Å². The first-order chi connectivity index (χ1) is 11.1. The Kier molecular flexibility index (Phi) is 5.14. The Morgan fingerprint density at radius 3 is 2.21 bits per heavy atom. The van der Waals surface area contributed by atoms with Crippen molar-refractivity contribution in [1.29, 1.82) is 0 Å². The molecule has 2 aromatic carbocycles. The number of benzene rings is 2. The zero-order valence-corrected chi connectivity index (χ0v) is 13.2. The number of sulfonamides is 1. The largest absolute Gasteiger partial charge is 0.497 e. The number of halogens is 4. The molecule has 0 heterocycles. The van der Waals surface area contributed by atoms with Gasteiger partial charge in [0.05, 0.1) is 17.6 Å². The minimum absolute atomic E-state index is 0.0735. The lowest BCUT2D eigenvalue weighted by atomic mass is 10.1. The normalized spacial score (nSPS) is 12.2. The maximum Gasteiger partial charge on any atom is 0.416 e. The van der Waals surface area contributed by atoms with Gasteiger partial charge in [-0.1, -0.05) is 6.07 Å². The second kappa shape index (κ2) is 6.78. The predicted octanol–water partition coefficient (Wildman–Crippen LogP) is 3.33. The predicted molar refractivity (Wildman–Crippen MR) is 78.4 cm³/mol. The van der Waals surface area contributed by atoms with E-state index in [-0.39, 0.29) is 10.5 Å². The first-order valence-electron chi connectivity index (χ1n) is 6.63. The highest BCUT2D eigenvalue weighted by Crippen LogP contribution is 2.30. The van der Waals surface area contributed by atoms with Gasteiger partial charge in [0.25, 0.3) is 0 Å². The fourth-order valence-electron chi connectivity index (χ4n) is 1.88. The fourth-order valence-corrected chi connectivity index (χ4v) is 2.88. The molecule has 0 amide bonds. The molecule has 0 aromatic heterocycles. The summed E-state index contributed by atoms with van der Waals surface area (Å²) in [6.45, 7) is -0.474. The number of methoxy groups -OCH3 is 1. The number of rotatable bonds is 5. The van der Waals surface area contributed by atoms with E-state index in [1.807, 2.05) is 0 Å². The highest BCUT2D eigenvalue weighted by molar-refractivity contribution is 7.89. The van der Waals surface area contributed by atoms with E-state index in [0.29, 0.717) is 17.9 Å². The highest BCUT2D eigenvalue weighted by Gasteiger charge is 2.31. The van der Waals surface area contributed by atoms with Crippen LogP contribution in [0, 0.1) is 5.82 Å². The van der Waals surface area contributed by atoms with E-state index in [2.05, 4.69) is 4.72 Å². The summed E-state index contributed by atoms with van der Waals surface area (Å²) in [4.78, 5) is -0.0735. The lowest BCUT2D eigenvalue weighted by Crippen LogP contribution is -2.23. The molecule has 9 heteroatoms.